The topological polar surface area (TPSA) is 69.6 Å². The third kappa shape index (κ3) is 51.3. The van der Waals surface area contributed by atoms with Gasteiger partial charge in [0, 0.05) is 6.42 Å². The Morgan fingerprint density at radius 3 is 0.906 bits per heavy atom. The molecule has 2 unspecified atom stereocenters. The van der Waals surface area contributed by atoms with Gasteiger partial charge in [0.1, 0.15) is 0 Å². The Kier molecular flexibility index (Phi) is 54.2. The molecule has 0 bridgehead atoms. The molecule has 0 heterocycles. The van der Waals surface area contributed by atoms with Crippen molar-refractivity contribution in [3.63, 3.8) is 0 Å². The van der Waals surface area contributed by atoms with Crippen LogP contribution in [0.4, 0.5) is 0 Å². The zero-order valence-corrected chi connectivity index (χ0v) is 43.3. The molecule has 64 heavy (non-hydrogen) atoms. The van der Waals surface area contributed by atoms with E-state index in [1.807, 2.05) is 6.08 Å². The first-order valence-electron chi connectivity index (χ1n) is 28.9. The van der Waals surface area contributed by atoms with Crippen molar-refractivity contribution in [2.24, 2.45) is 0 Å². The number of aliphatic hydroxyl groups excluding tert-OH is 2. The fraction of sp³-hybridized carbons (Fsp3) is 0.850. The van der Waals surface area contributed by atoms with E-state index in [0.29, 0.717) is 6.42 Å². The lowest BCUT2D eigenvalue weighted by molar-refractivity contribution is -0.123. The van der Waals surface area contributed by atoms with Crippen molar-refractivity contribution in [1.29, 1.82) is 0 Å². The monoisotopic (exact) mass is 896 g/mol. The molecule has 0 spiro atoms. The molecule has 0 aliphatic heterocycles. The van der Waals surface area contributed by atoms with Gasteiger partial charge in [-0.2, -0.15) is 0 Å². The Morgan fingerprint density at radius 1 is 0.359 bits per heavy atom. The summed E-state index contributed by atoms with van der Waals surface area (Å²) in [4.78, 5) is 12.5. The fourth-order valence-electron chi connectivity index (χ4n) is 8.86. The van der Waals surface area contributed by atoms with E-state index in [1.165, 1.54) is 250 Å². The molecule has 0 aliphatic rings. The van der Waals surface area contributed by atoms with E-state index in [9.17, 15) is 15.0 Å². The Bertz CT molecular complexity index is 1020. The van der Waals surface area contributed by atoms with Gasteiger partial charge in [-0.3, -0.25) is 4.79 Å². The number of nitrogens with one attached hydrogen (secondary N) is 1. The van der Waals surface area contributed by atoms with Gasteiger partial charge in [-0.05, 0) is 70.6 Å². The summed E-state index contributed by atoms with van der Waals surface area (Å²) in [6.07, 6.45) is 77.2. The van der Waals surface area contributed by atoms with Crippen molar-refractivity contribution in [2.75, 3.05) is 6.61 Å². The molecule has 0 rings (SSSR count). The molecule has 0 aromatic carbocycles. The second kappa shape index (κ2) is 55.7. The normalized spacial score (nSPS) is 13.1. The van der Waals surface area contributed by atoms with Crippen LogP contribution in [0, 0.1) is 0 Å². The van der Waals surface area contributed by atoms with Crippen molar-refractivity contribution in [3.8, 4) is 0 Å². The number of rotatable bonds is 53. The Morgan fingerprint density at radius 2 is 0.609 bits per heavy atom. The summed E-state index contributed by atoms with van der Waals surface area (Å²) in [5.74, 6) is -0.0745. The quantitative estimate of drug-likeness (QED) is 0.0421. The lowest BCUT2D eigenvalue weighted by Gasteiger charge is -2.19. The summed E-state index contributed by atoms with van der Waals surface area (Å²) in [6, 6.07) is -0.645. The number of carbonyl (C=O) groups is 1. The number of allylic oxidation sites excluding steroid dienone is 7. The average Bonchev–Trinajstić information content (AvgIpc) is 3.30. The van der Waals surface area contributed by atoms with Crippen LogP contribution >= 0.6 is 0 Å². The fourth-order valence-corrected chi connectivity index (χ4v) is 8.86. The molecule has 1 amide bonds. The highest BCUT2D eigenvalue weighted by Gasteiger charge is 2.18. The van der Waals surface area contributed by atoms with Gasteiger partial charge in [0.25, 0.3) is 0 Å². The Labute approximate surface area is 401 Å². The second-order valence-electron chi connectivity index (χ2n) is 19.7. The van der Waals surface area contributed by atoms with Crippen LogP contribution in [-0.4, -0.2) is 34.9 Å². The summed E-state index contributed by atoms with van der Waals surface area (Å²) < 4.78 is 0. The van der Waals surface area contributed by atoms with Crippen LogP contribution in [0.15, 0.2) is 48.6 Å². The van der Waals surface area contributed by atoms with Crippen LogP contribution in [0.1, 0.15) is 309 Å². The van der Waals surface area contributed by atoms with E-state index >= 15 is 0 Å². The van der Waals surface area contributed by atoms with Gasteiger partial charge >= 0.3 is 0 Å². The summed E-state index contributed by atoms with van der Waals surface area (Å²) in [5.41, 5.74) is 0. The zero-order valence-electron chi connectivity index (χ0n) is 43.3. The molecular weight excluding hydrogens is 783 g/mol. The maximum absolute atomic E-state index is 12.5. The third-order valence-electron chi connectivity index (χ3n) is 13.3. The van der Waals surface area contributed by atoms with Gasteiger partial charge < -0.3 is 15.5 Å². The minimum atomic E-state index is -0.870. The van der Waals surface area contributed by atoms with E-state index < -0.39 is 12.1 Å². The summed E-state index contributed by atoms with van der Waals surface area (Å²) >= 11 is 0. The van der Waals surface area contributed by atoms with E-state index in [-0.39, 0.29) is 12.5 Å². The van der Waals surface area contributed by atoms with Crippen molar-refractivity contribution in [3.05, 3.63) is 48.6 Å². The number of carbonyl (C=O) groups excluding carboxylic acids is 1. The van der Waals surface area contributed by atoms with Crippen LogP contribution in [0.2, 0.25) is 0 Å². The van der Waals surface area contributed by atoms with Crippen molar-refractivity contribution < 1.29 is 15.0 Å². The summed E-state index contributed by atoms with van der Waals surface area (Å²) in [7, 11) is 0. The highest BCUT2D eigenvalue weighted by atomic mass is 16.3. The molecule has 0 aromatic rings. The molecule has 2 atom stereocenters. The predicted octanol–water partition coefficient (Wildman–Crippen LogP) is 19.0. The highest BCUT2D eigenvalue weighted by molar-refractivity contribution is 5.76. The zero-order chi connectivity index (χ0) is 46.3. The number of hydrogen-bond acceptors (Lipinski definition) is 3. The first-order valence-corrected chi connectivity index (χ1v) is 28.9. The standard InChI is InChI=1S/C60H113NO3/c1-3-5-7-9-11-13-15-17-19-21-22-23-24-25-26-27-28-29-30-31-32-33-34-35-36-37-38-40-42-44-46-48-50-52-54-56-60(64)61-58(57-62)59(63)55-53-51-49-47-45-43-41-39-20-18-16-14-12-10-8-6-4-2/h20,27-28,39,45,47,53,55,58-59,62-63H,3-19,21-26,29-38,40-44,46,48-52,54,56-57H2,1-2H3,(H,61,64)/b28-27-,39-20+,47-45+,55-53+. The molecule has 4 nitrogen and oxygen atoms in total. The highest BCUT2D eigenvalue weighted by Crippen LogP contribution is 2.17. The van der Waals surface area contributed by atoms with Gasteiger partial charge in [-0.25, -0.2) is 0 Å². The molecule has 0 aliphatic carbocycles. The molecule has 3 N–H and O–H groups in total. The molecule has 0 radical (unpaired) electrons. The smallest absolute Gasteiger partial charge is 0.220 e. The van der Waals surface area contributed by atoms with Crippen LogP contribution in [-0.2, 0) is 4.79 Å². The second-order valence-corrected chi connectivity index (χ2v) is 19.7. The molecule has 0 saturated carbocycles. The first-order chi connectivity index (χ1) is 31.7. The van der Waals surface area contributed by atoms with Gasteiger partial charge in [-0.1, -0.05) is 281 Å². The Balaban J connectivity index is 3.46. The van der Waals surface area contributed by atoms with E-state index in [1.54, 1.807) is 6.08 Å². The lowest BCUT2D eigenvalue weighted by atomic mass is 10.0. The van der Waals surface area contributed by atoms with Gasteiger partial charge in [-0.15, -0.1) is 0 Å². The molecule has 4 heteroatoms. The average molecular weight is 897 g/mol. The number of aliphatic hydroxyl groups is 2. The lowest BCUT2D eigenvalue weighted by Crippen LogP contribution is -2.45. The maximum Gasteiger partial charge on any atom is 0.220 e. The van der Waals surface area contributed by atoms with Gasteiger partial charge in [0.2, 0.25) is 5.91 Å². The number of hydrogen-bond donors (Lipinski definition) is 3. The SMILES string of the molecule is CCCCCCCCC/C=C/CC/C=C/CC/C=C/C(O)C(CO)NC(=O)CCCCCCCCCCCCCCCCCCC/C=C\CCCCCCCCCCCCCCCC. The van der Waals surface area contributed by atoms with Crippen LogP contribution in [0.25, 0.3) is 0 Å². The van der Waals surface area contributed by atoms with Crippen molar-refractivity contribution in [2.45, 2.75) is 321 Å². The third-order valence-corrected chi connectivity index (χ3v) is 13.3. The largest absolute Gasteiger partial charge is 0.394 e. The first kappa shape index (κ1) is 62.4. The molecule has 0 aromatic heterocycles. The molecule has 0 fully saturated rings. The summed E-state index contributed by atoms with van der Waals surface area (Å²) in [5, 5.41) is 23.1. The minimum absolute atomic E-state index is 0.0745. The van der Waals surface area contributed by atoms with Crippen molar-refractivity contribution >= 4 is 5.91 Å². The summed E-state index contributed by atoms with van der Waals surface area (Å²) in [6.45, 7) is 4.31. The van der Waals surface area contributed by atoms with E-state index in [2.05, 4.69) is 55.6 Å². The molecule has 0 saturated heterocycles. The van der Waals surface area contributed by atoms with Gasteiger partial charge in [0.15, 0.2) is 0 Å². The van der Waals surface area contributed by atoms with Crippen LogP contribution < -0.4 is 5.32 Å². The number of unbranched alkanes of at least 4 members (excludes halogenated alkanes) is 40. The van der Waals surface area contributed by atoms with Crippen LogP contribution in [0.3, 0.4) is 0 Å². The van der Waals surface area contributed by atoms with Crippen LogP contribution in [0.5, 0.6) is 0 Å². The predicted molar refractivity (Wildman–Crippen MR) is 285 cm³/mol. The van der Waals surface area contributed by atoms with Gasteiger partial charge in [0.05, 0.1) is 18.8 Å². The van der Waals surface area contributed by atoms with Crippen molar-refractivity contribution in [1.82, 2.24) is 5.32 Å². The van der Waals surface area contributed by atoms with E-state index in [4.69, 9.17) is 0 Å². The van der Waals surface area contributed by atoms with E-state index in [0.717, 1.165) is 38.5 Å². The maximum atomic E-state index is 12.5. The number of amides is 1. The Hall–Kier alpha value is -1.65. The molecule has 376 valence electrons. The minimum Gasteiger partial charge on any atom is -0.394 e. The molecular formula is C60H113NO3.